The molecule has 3 rings (SSSR count). The second kappa shape index (κ2) is 7.06. The number of morpholine rings is 1. The van der Waals surface area contributed by atoms with Gasteiger partial charge in [0.15, 0.2) is 11.5 Å². The van der Waals surface area contributed by atoms with E-state index in [1.807, 2.05) is 6.92 Å². The molecule has 23 heavy (non-hydrogen) atoms. The molecule has 7 heteroatoms. The number of aromatic nitrogens is 1. The molecule has 6 nitrogen and oxygen atoms in total. The lowest BCUT2D eigenvalue weighted by atomic mass is 10.1. The van der Waals surface area contributed by atoms with Gasteiger partial charge in [-0.3, -0.25) is 9.59 Å². The first-order valence-electron chi connectivity index (χ1n) is 7.58. The van der Waals surface area contributed by atoms with Gasteiger partial charge >= 0.3 is 0 Å². The van der Waals surface area contributed by atoms with Crippen molar-refractivity contribution < 1.29 is 18.7 Å². The molecule has 0 aromatic carbocycles. The maximum absolute atomic E-state index is 12.8. The van der Waals surface area contributed by atoms with E-state index in [4.69, 9.17) is 9.15 Å². The molecule has 0 saturated carbocycles. The van der Waals surface area contributed by atoms with E-state index in [2.05, 4.69) is 4.98 Å². The van der Waals surface area contributed by atoms with Crippen LogP contribution < -0.4 is 0 Å². The zero-order valence-electron chi connectivity index (χ0n) is 12.9. The van der Waals surface area contributed by atoms with Crippen LogP contribution in [-0.2, 0) is 11.2 Å². The van der Waals surface area contributed by atoms with E-state index in [0.717, 1.165) is 5.69 Å². The molecule has 1 amide bonds. The van der Waals surface area contributed by atoms with E-state index in [9.17, 15) is 9.59 Å². The number of Topliss-reactive ketones (excluding diaryl/α,β-unsaturated/α-hetero) is 1. The molecule has 3 heterocycles. The molecule has 1 fully saturated rings. The van der Waals surface area contributed by atoms with E-state index >= 15 is 0 Å². The van der Waals surface area contributed by atoms with Crippen LogP contribution in [0.15, 0.2) is 28.3 Å². The van der Waals surface area contributed by atoms with Crippen molar-refractivity contribution in [2.75, 3.05) is 19.8 Å². The molecular formula is C16H18N2O4S. The normalized spacial score (nSPS) is 18.1. The van der Waals surface area contributed by atoms with Gasteiger partial charge in [-0.2, -0.15) is 0 Å². The van der Waals surface area contributed by atoms with Gasteiger partial charge in [-0.1, -0.05) is 6.92 Å². The number of hydrogen-bond donors (Lipinski definition) is 0. The maximum atomic E-state index is 12.8. The van der Waals surface area contributed by atoms with E-state index in [1.54, 1.807) is 22.5 Å². The third-order valence-electron chi connectivity index (χ3n) is 3.88. The Hall–Kier alpha value is -1.99. The molecule has 1 atom stereocenters. The van der Waals surface area contributed by atoms with Gasteiger partial charge < -0.3 is 14.1 Å². The SMILES string of the molecule is CCc1ncsc1C(=O)N1CCOC[C@H]1CC(=O)c1ccco1. The minimum absolute atomic E-state index is 0.0649. The standard InChI is InChI=1S/C16H18N2O4S/c1-2-12-15(23-10-17-12)16(20)18-5-7-21-9-11(18)8-13(19)14-4-3-6-22-14/h3-4,6,10-11H,2,5,7-9H2,1H3/t11-/m1/s1. The summed E-state index contributed by atoms with van der Waals surface area (Å²) < 4.78 is 10.6. The number of hydrogen-bond acceptors (Lipinski definition) is 6. The fraction of sp³-hybridized carbons (Fsp3) is 0.438. The minimum Gasteiger partial charge on any atom is -0.461 e. The Labute approximate surface area is 138 Å². The Bertz CT molecular complexity index is 680. The lowest BCUT2D eigenvalue weighted by molar-refractivity contribution is -0.00284. The Morgan fingerprint density at radius 3 is 3.09 bits per heavy atom. The number of carbonyl (C=O) groups excluding carboxylic acids is 2. The quantitative estimate of drug-likeness (QED) is 0.785. The fourth-order valence-electron chi connectivity index (χ4n) is 2.67. The molecule has 1 aliphatic rings. The van der Waals surface area contributed by atoms with Crippen LogP contribution in [0.1, 0.15) is 39.3 Å². The number of furan rings is 1. The van der Waals surface area contributed by atoms with Crippen LogP contribution in [0.4, 0.5) is 0 Å². The molecule has 0 unspecified atom stereocenters. The minimum atomic E-state index is -0.277. The zero-order chi connectivity index (χ0) is 16.2. The molecular weight excluding hydrogens is 316 g/mol. The van der Waals surface area contributed by atoms with Crippen LogP contribution in [-0.4, -0.2) is 47.4 Å². The van der Waals surface area contributed by atoms with Gasteiger partial charge in [0, 0.05) is 13.0 Å². The third kappa shape index (κ3) is 3.35. The number of carbonyl (C=O) groups is 2. The molecule has 0 bridgehead atoms. The average molecular weight is 334 g/mol. The molecule has 0 radical (unpaired) electrons. The number of ether oxygens (including phenoxy) is 1. The summed E-state index contributed by atoms with van der Waals surface area (Å²) in [5, 5.41) is 0. The Morgan fingerprint density at radius 1 is 1.48 bits per heavy atom. The van der Waals surface area contributed by atoms with Gasteiger partial charge in [0.2, 0.25) is 0 Å². The van der Waals surface area contributed by atoms with E-state index in [1.165, 1.54) is 17.6 Å². The molecule has 1 aliphatic heterocycles. The zero-order valence-corrected chi connectivity index (χ0v) is 13.7. The number of rotatable bonds is 5. The summed E-state index contributed by atoms with van der Waals surface area (Å²) in [4.78, 5) is 31.7. The summed E-state index contributed by atoms with van der Waals surface area (Å²) in [6.45, 7) is 3.30. The van der Waals surface area contributed by atoms with Gasteiger partial charge in [-0.05, 0) is 18.6 Å². The van der Waals surface area contributed by atoms with E-state index in [-0.39, 0.29) is 24.2 Å². The first-order valence-corrected chi connectivity index (χ1v) is 8.46. The van der Waals surface area contributed by atoms with Gasteiger partial charge in [-0.15, -0.1) is 11.3 Å². The molecule has 0 N–H and O–H groups in total. The summed E-state index contributed by atoms with van der Waals surface area (Å²) in [5.74, 6) is 0.128. The first kappa shape index (κ1) is 15.9. The Kier molecular flexibility index (Phi) is 4.88. The van der Waals surface area contributed by atoms with Gasteiger partial charge in [0.1, 0.15) is 4.88 Å². The predicted molar refractivity (Wildman–Crippen MR) is 84.8 cm³/mol. The van der Waals surface area contributed by atoms with Crippen LogP contribution >= 0.6 is 11.3 Å². The highest BCUT2D eigenvalue weighted by molar-refractivity contribution is 7.11. The van der Waals surface area contributed by atoms with Crippen LogP contribution in [0.5, 0.6) is 0 Å². The molecule has 1 saturated heterocycles. The average Bonchev–Trinajstić information content (AvgIpc) is 3.26. The molecule has 0 aliphatic carbocycles. The summed E-state index contributed by atoms with van der Waals surface area (Å²) in [6, 6.07) is 3.04. The summed E-state index contributed by atoms with van der Waals surface area (Å²) in [5.41, 5.74) is 2.50. The lowest BCUT2D eigenvalue weighted by Crippen LogP contribution is -2.49. The van der Waals surface area contributed by atoms with Crippen molar-refractivity contribution in [3.63, 3.8) is 0 Å². The second-order valence-corrected chi connectivity index (χ2v) is 6.17. The smallest absolute Gasteiger partial charge is 0.266 e. The van der Waals surface area contributed by atoms with Gasteiger partial charge in [0.05, 0.1) is 36.7 Å². The third-order valence-corrected chi connectivity index (χ3v) is 4.73. The van der Waals surface area contributed by atoms with Crippen LogP contribution in [0.2, 0.25) is 0 Å². The van der Waals surface area contributed by atoms with Crippen molar-refractivity contribution in [3.05, 3.63) is 40.2 Å². The maximum Gasteiger partial charge on any atom is 0.266 e. The Balaban J connectivity index is 1.76. The molecule has 122 valence electrons. The van der Waals surface area contributed by atoms with Gasteiger partial charge in [-0.25, -0.2) is 4.98 Å². The van der Waals surface area contributed by atoms with Gasteiger partial charge in [0.25, 0.3) is 5.91 Å². The highest BCUT2D eigenvalue weighted by Crippen LogP contribution is 2.22. The van der Waals surface area contributed by atoms with Crippen molar-refractivity contribution in [2.45, 2.75) is 25.8 Å². The van der Waals surface area contributed by atoms with Crippen LogP contribution in [0.3, 0.4) is 0 Å². The molecule has 2 aromatic rings. The van der Waals surface area contributed by atoms with E-state index in [0.29, 0.717) is 36.8 Å². The van der Waals surface area contributed by atoms with Crippen molar-refractivity contribution in [1.82, 2.24) is 9.88 Å². The largest absolute Gasteiger partial charge is 0.461 e. The summed E-state index contributed by atoms with van der Waals surface area (Å²) >= 11 is 1.35. The summed E-state index contributed by atoms with van der Waals surface area (Å²) in [6.07, 6.45) is 2.38. The van der Waals surface area contributed by atoms with Crippen molar-refractivity contribution in [1.29, 1.82) is 0 Å². The Morgan fingerprint density at radius 2 is 2.35 bits per heavy atom. The number of ketones is 1. The van der Waals surface area contributed by atoms with Crippen LogP contribution in [0, 0.1) is 0 Å². The summed E-state index contributed by atoms with van der Waals surface area (Å²) in [7, 11) is 0. The number of nitrogens with zero attached hydrogens (tertiary/aromatic N) is 2. The number of aryl methyl sites for hydroxylation is 1. The highest BCUT2D eigenvalue weighted by Gasteiger charge is 2.32. The lowest BCUT2D eigenvalue weighted by Gasteiger charge is -2.35. The van der Waals surface area contributed by atoms with Crippen molar-refractivity contribution in [3.8, 4) is 0 Å². The first-order chi connectivity index (χ1) is 11.2. The van der Waals surface area contributed by atoms with Crippen LogP contribution in [0.25, 0.3) is 0 Å². The van der Waals surface area contributed by atoms with E-state index < -0.39 is 0 Å². The number of thiazole rings is 1. The second-order valence-electron chi connectivity index (χ2n) is 5.31. The van der Waals surface area contributed by atoms with Crippen molar-refractivity contribution >= 4 is 23.0 Å². The predicted octanol–water partition coefficient (Wildman–Crippen LogP) is 2.41. The van der Waals surface area contributed by atoms with Crippen molar-refractivity contribution in [2.24, 2.45) is 0 Å². The number of amides is 1. The highest BCUT2D eigenvalue weighted by atomic mass is 32.1. The molecule has 2 aromatic heterocycles. The fourth-order valence-corrected chi connectivity index (χ4v) is 3.51. The topological polar surface area (TPSA) is 72.6 Å². The monoisotopic (exact) mass is 334 g/mol. The molecule has 0 spiro atoms.